The van der Waals surface area contributed by atoms with Gasteiger partial charge in [0.25, 0.3) is 0 Å². The van der Waals surface area contributed by atoms with E-state index >= 15 is 0 Å². The van der Waals surface area contributed by atoms with Crippen LogP contribution in [0, 0.1) is 0 Å². The van der Waals surface area contributed by atoms with Gasteiger partial charge >= 0.3 is 7.60 Å². The molecule has 182 valence electrons. The average molecular weight is 477 g/mol. The highest BCUT2D eigenvalue weighted by Crippen LogP contribution is 2.63. The molecule has 0 aliphatic carbocycles. The van der Waals surface area contributed by atoms with Crippen LogP contribution >= 0.6 is 15.6 Å². The standard InChI is InChI=1S/C24H46O5P2/c1-8-27-30(25)24(31(26,28-9-2)29-10-3)20-12-11-16-22(6)18-14-19-23(7)17-13-15-21(4)5/h15-16,19,24,30H,8-14,17-18,20H2,1-7H3/b22-16+,23-19+. The van der Waals surface area contributed by atoms with Crippen LogP contribution in [0.4, 0.5) is 0 Å². The van der Waals surface area contributed by atoms with E-state index in [4.69, 9.17) is 13.6 Å². The van der Waals surface area contributed by atoms with E-state index in [1.807, 2.05) is 0 Å². The first-order valence-corrected chi connectivity index (χ1v) is 14.7. The zero-order valence-corrected chi connectivity index (χ0v) is 22.8. The van der Waals surface area contributed by atoms with Crippen molar-refractivity contribution in [3.8, 4) is 0 Å². The molecule has 0 aromatic carbocycles. The Balaban J connectivity index is 4.69. The molecule has 2 atom stereocenters. The highest BCUT2D eigenvalue weighted by atomic mass is 31.2. The highest BCUT2D eigenvalue weighted by Gasteiger charge is 2.39. The molecule has 0 aromatic rings. The van der Waals surface area contributed by atoms with Gasteiger partial charge in [0.05, 0.1) is 19.8 Å². The predicted molar refractivity (Wildman–Crippen MR) is 135 cm³/mol. The maximum atomic E-state index is 13.2. The molecule has 0 fully saturated rings. The van der Waals surface area contributed by atoms with Crippen molar-refractivity contribution in [3.63, 3.8) is 0 Å². The van der Waals surface area contributed by atoms with Crippen molar-refractivity contribution in [1.29, 1.82) is 0 Å². The Morgan fingerprint density at radius 1 is 0.839 bits per heavy atom. The Labute approximate surface area is 192 Å². The summed E-state index contributed by atoms with van der Waals surface area (Å²) in [5, 5.41) is -0.683. The molecule has 0 saturated heterocycles. The molecule has 0 aliphatic heterocycles. The van der Waals surface area contributed by atoms with Crippen molar-refractivity contribution in [2.75, 3.05) is 19.8 Å². The Hall–Kier alpha value is -0.440. The van der Waals surface area contributed by atoms with E-state index in [9.17, 15) is 9.13 Å². The van der Waals surface area contributed by atoms with E-state index in [-0.39, 0.29) is 13.2 Å². The van der Waals surface area contributed by atoms with Gasteiger partial charge in [0.2, 0.25) is 8.03 Å². The summed E-state index contributed by atoms with van der Waals surface area (Å²) < 4.78 is 42.0. The smallest absolute Gasteiger partial charge is 0.330 e. The number of hydrogen-bond acceptors (Lipinski definition) is 5. The second kappa shape index (κ2) is 18.0. The van der Waals surface area contributed by atoms with Crippen molar-refractivity contribution in [1.82, 2.24) is 0 Å². The van der Waals surface area contributed by atoms with E-state index < -0.39 is 21.0 Å². The molecule has 0 aliphatic rings. The molecular formula is C24H46O5P2. The molecule has 31 heavy (non-hydrogen) atoms. The Bertz CT molecular complexity index is 638. The minimum absolute atomic E-state index is 0.259. The molecule has 0 radical (unpaired) electrons. The lowest BCUT2D eigenvalue weighted by molar-refractivity contribution is 0.214. The van der Waals surface area contributed by atoms with Crippen molar-refractivity contribution in [2.45, 2.75) is 98.8 Å². The van der Waals surface area contributed by atoms with Crippen LogP contribution in [-0.4, -0.2) is 25.2 Å². The van der Waals surface area contributed by atoms with E-state index in [2.05, 4.69) is 45.9 Å². The number of rotatable bonds is 18. The third kappa shape index (κ3) is 14.3. The number of allylic oxidation sites excluding steroid dienone is 6. The van der Waals surface area contributed by atoms with Crippen LogP contribution in [0.3, 0.4) is 0 Å². The molecular weight excluding hydrogens is 430 g/mol. The Kier molecular flexibility index (Phi) is 17.8. The maximum absolute atomic E-state index is 13.2. The van der Waals surface area contributed by atoms with Crippen molar-refractivity contribution >= 4 is 15.6 Å². The van der Waals surface area contributed by atoms with E-state index in [0.717, 1.165) is 38.5 Å². The fourth-order valence-corrected chi connectivity index (χ4v) is 7.49. The normalized spacial score (nSPS) is 15.1. The lowest BCUT2D eigenvalue weighted by atomic mass is 10.1. The zero-order chi connectivity index (χ0) is 23.7. The molecule has 0 rings (SSSR count). The van der Waals surface area contributed by atoms with Gasteiger partial charge in [-0.2, -0.15) is 0 Å². The topological polar surface area (TPSA) is 61.8 Å². The van der Waals surface area contributed by atoms with Gasteiger partial charge in [-0.1, -0.05) is 34.9 Å². The van der Waals surface area contributed by atoms with Gasteiger partial charge in [-0.05, 0) is 93.4 Å². The van der Waals surface area contributed by atoms with Crippen LogP contribution in [0.5, 0.6) is 0 Å². The van der Waals surface area contributed by atoms with Crippen LogP contribution in [0.25, 0.3) is 0 Å². The molecule has 0 amide bonds. The molecule has 5 nitrogen and oxygen atoms in total. The first-order valence-electron chi connectivity index (χ1n) is 11.7. The summed E-state index contributed by atoms with van der Waals surface area (Å²) in [5.41, 5.74) is 4.16. The summed E-state index contributed by atoms with van der Waals surface area (Å²) in [6.07, 6.45) is 13.3. The number of hydrogen-bond donors (Lipinski definition) is 0. The van der Waals surface area contributed by atoms with Crippen LogP contribution in [0.1, 0.15) is 93.4 Å². The van der Waals surface area contributed by atoms with E-state index in [0.29, 0.717) is 13.0 Å². The summed E-state index contributed by atoms with van der Waals surface area (Å²) in [5.74, 6) is 0. The first kappa shape index (κ1) is 30.6. The quantitative estimate of drug-likeness (QED) is 0.112. The molecule has 0 aromatic heterocycles. The van der Waals surface area contributed by atoms with Gasteiger partial charge in [-0.3, -0.25) is 9.13 Å². The van der Waals surface area contributed by atoms with Gasteiger partial charge in [0, 0.05) is 0 Å². The lowest BCUT2D eigenvalue weighted by Crippen LogP contribution is -2.11. The van der Waals surface area contributed by atoms with Gasteiger partial charge < -0.3 is 13.6 Å². The minimum atomic E-state index is -3.45. The molecule has 0 spiro atoms. The molecule has 2 unspecified atom stereocenters. The molecule has 0 N–H and O–H groups in total. The summed E-state index contributed by atoms with van der Waals surface area (Å²) in [4.78, 5) is 0. The molecule has 0 heterocycles. The van der Waals surface area contributed by atoms with Gasteiger partial charge in [-0.15, -0.1) is 0 Å². The van der Waals surface area contributed by atoms with Crippen LogP contribution < -0.4 is 0 Å². The fourth-order valence-electron chi connectivity index (χ4n) is 3.22. The monoisotopic (exact) mass is 476 g/mol. The third-order valence-electron chi connectivity index (χ3n) is 4.86. The summed E-state index contributed by atoms with van der Waals surface area (Å²) in [7, 11) is -5.96. The molecule has 7 heteroatoms. The average Bonchev–Trinajstić information content (AvgIpc) is 2.68. The summed E-state index contributed by atoms with van der Waals surface area (Å²) >= 11 is 0. The van der Waals surface area contributed by atoms with E-state index in [1.165, 1.54) is 16.7 Å². The SMILES string of the molecule is CCO[PH](=O)C(CCC/C=C(\C)CC/C=C(\C)CCC=C(C)C)P(=O)(OCC)OCC. The second-order valence-electron chi connectivity index (χ2n) is 8.03. The van der Waals surface area contributed by atoms with E-state index in [1.54, 1.807) is 20.8 Å². The predicted octanol–water partition coefficient (Wildman–Crippen LogP) is 8.68. The highest BCUT2D eigenvalue weighted by molar-refractivity contribution is 7.67. The van der Waals surface area contributed by atoms with Crippen LogP contribution in [0.15, 0.2) is 34.9 Å². The van der Waals surface area contributed by atoms with Crippen LogP contribution in [-0.2, 0) is 22.7 Å². The Morgan fingerprint density at radius 3 is 1.84 bits per heavy atom. The third-order valence-corrected chi connectivity index (χ3v) is 10.1. The lowest BCUT2D eigenvalue weighted by Gasteiger charge is -2.25. The van der Waals surface area contributed by atoms with Crippen LogP contribution in [0.2, 0.25) is 0 Å². The van der Waals surface area contributed by atoms with Crippen molar-refractivity contribution in [2.24, 2.45) is 0 Å². The van der Waals surface area contributed by atoms with Gasteiger partial charge in [-0.25, -0.2) is 0 Å². The molecule has 0 saturated carbocycles. The number of unbranched alkanes of at least 4 members (excludes halogenated alkanes) is 1. The minimum Gasteiger partial charge on any atom is -0.330 e. The first-order chi connectivity index (χ1) is 14.7. The largest absolute Gasteiger partial charge is 0.343 e. The second-order valence-corrected chi connectivity index (χ2v) is 12.4. The van der Waals surface area contributed by atoms with Crippen molar-refractivity contribution < 1.29 is 22.7 Å². The summed E-state index contributed by atoms with van der Waals surface area (Å²) in [6, 6.07) is 0. The van der Waals surface area contributed by atoms with Crippen molar-refractivity contribution in [3.05, 3.63) is 34.9 Å². The molecule has 0 bridgehead atoms. The zero-order valence-electron chi connectivity index (χ0n) is 20.9. The summed E-state index contributed by atoms with van der Waals surface area (Å²) in [6.45, 7) is 14.8. The maximum Gasteiger partial charge on any atom is 0.343 e. The Morgan fingerprint density at radius 2 is 1.35 bits per heavy atom. The van der Waals surface area contributed by atoms with Gasteiger partial charge in [0.15, 0.2) is 0 Å². The van der Waals surface area contributed by atoms with Gasteiger partial charge in [0.1, 0.15) is 5.40 Å². The fraction of sp³-hybridized carbons (Fsp3) is 0.750.